The normalized spacial score (nSPS) is 21.2. The van der Waals surface area contributed by atoms with Crippen LogP contribution in [0.25, 0.3) is 0 Å². The molecule has 2 unspecified atom stereocenters. The minimum Gasteiger partial charge on any atom is -0.476 e. The Morgan fingerprint density at radius 1 is 1.30 bits per heavy atom. The molecule has 10 heteroatoms. The average Bonchev–Trinajstić information content (AvgIpc) is 2.89. The summed E-state index contributed by atoms with van der Waals surface area (Å²) in [4.78, 5) is 13.1. The second kappa shape index (κ2) is 10.8. The van der Waals surface area contributed by atoms with Gasteiger partial charge in [-0.05, 0) is 30.9 Å². The van der Waals surface area contributed by atoms with Crippen molar-refractivity contribution in [3.8, 4) is 5.75 Å². The van der Waals surface area contributed by atoms with Crippen LogP contribution in [0.2, 0.25) is 0 Å². The van der Waals surface area contributed by atoms with E-state index in [0.29, 0.717) is 23.3 Å². The highest BCUT2D eigenvalue weighted by Crippen LogP contribution is 2.63. The molecule has 3 rings (SSSR count). The first-order chi connectivity index (χ1) is 15.7. The van der Waals surface area contributed by atoms with Crippen molar-refractivity contribution in [1.82, 2.24) is 0 Å². The Bertz CT molecular complexity index is 1020. The van der Waals surface area contributed by atoms with Crippen LogP contribution in [0.5, 0.6) is 5.75 Å². The molecule has 0 saturated heterocycles. The number of rotatable bonds is 8. The Hall–Kier alpha value is -2.27. The lowest BCUT2D eigenvalue weighted by Crippen LogP contribution is -2.30. The van der Waals surface area contributed by atoms with Crippen molar-refractivity contribution in [3.63, 3.8) is 0 Å². The van der Waals surface area contributed by atoms with Crippen LogP contribution in [0.1, 0.15) is 26.2 Å². The van der Waals surface area contributed by atoms with Gasteiger partial charge in [-0.2, -0.15) is 4.39 Å². The third kappa shape index (κ3) is 5.46. The number of benzene rings is 2. The van der Waals surface area contributed by atoms with Gasteiger partial charge in [0.25, 0.3) is 0 Å². The van der Waals surface area contributed by atoms with Crippen molar-refractivity contribution in [2.24, 2.45) is 5.92 Å². The van der Waals surface area contributed by atoms with E-state index >= 15 is 4.39 Å². The molecular weight excluding hydrogens is 472 g/mol. The van der Waals surface area contributed by atoms with Crippen LogP contribution in [-0.2, 0) is 4.79 Å². The van der Waals surface area contributed by atoms with Crippen molar-refractivity contribution in [2.45, 2.75) is 41.5 Å². The number of hydrogen-bond donors (Lipinski definition) is 3. The number of aliphatic carboxylic acids is 1. The largest absolute Gasteiger partial charge is 0.476 e. The molecule has 0 aliphatic carbocycles. The number of nitrogens with zero attached hydrogens (tertiary/aromatic N) is 1. The van der Waals surface area contributed by atoms with E-state index in [1.54, 1.807) is 12.3 Å². The predicted molar refractivity (Wildman–Crippen MR) is 128 cm³/mol. The van der Waals surface area contributed by atoms with Gasteiger partial charge in [0.2, 0.25) is 5.83 Å². The van der Waals surface area contributed by atoms with Gasteiger partial charge >= 0.3 is 5.97 Å². The number of halogens is 2. The van der Waals surface area contributed by atoms with Crippen molar-refractivity contribution in [2.75, 3.05) is 17.7 Å². The molecule has 0 spiro atoms. The molecule has 0 bridgehead atoms. The average molecular weight is 500 g/mol. The van der Waals surface area contributed by atoms with E-state index in [1.165, 1.54) is 17.8 Å². The van der Waals surface area contributed by atoms with Gasteiger partial charge in [0.1, 0.15) is 12.0 Å². The van der Waals surface area contributed by atoms with Crippen LogP contribution in [0, 0.1) is 5.92 Å². The molecule has 6 nitrogen and oxygen atoms in total. The summed E-state index contributed by atoms with van der Waals surface area (Å²) < 4.78 is 56.5. The van der Waals surface area contributed by atoms with E-state index in [4.69, 9.17) is 9.84 Å². The van der Waals surface area contributed by atoms with Gasteiger partial charge in [0, 0.05) is 24.2 Å². The van der Waals surface area contributed by atoms with E-state index in [-0.39, 0.29) is 17.2 Å². The molecule has 0 fully saturated rings. The predicted octanol–water partition coefficient (Wildman–Crippen LogP) is 7.05. The van der Waals surface area contributed by atoms with Gasteiger partial charge in [-0.25, -0.2) is 9.18 Å². The van der Waals surface area contributed by atoms with Crippen LogP contribution >= 0.6 is 22.4 Å². The van der Waals surface area contributed by atoms with E-state index in [9.17, 15) is 18.3 Å². The van der Waals surface area contributed by atoms with Gasteiger partial charge in [-0.3, -0.25) is 9.11 Å². The quantitative estimate of drug-likeness (QED) is 0.204. The molecule has 3 N–H and O–H groups in total. The number of unbranched alkanes of at least 4 members (excludes halogenated alkanes) is 1. The zero-order chi connectivity index (χ0) is 24.2. The fraction of sp³-hybridized carbons (Fsp3) is 0.348. The van der Waals surface area contributed by atoms with Gasteiger partial charge < -0.3 is 14.7 Å². The Morgan fingerprint density at radius 2 is 2.00 bits per heavy atom. The number of carboxylic acid groups (broad SMARTS) is 1. The lowest BCUT2D eigenvalue weighted by atomic mass is 10.0. The molecule has 1 aliphatic rings. The van der Waals surface area contributed by atoms with E-state index in [0.717, 1.165) is 18.5 Å². The first-order valence-corrected chi connectivity index (χ1v) is 13.3. The first-order valence-electron chi connectivity index (χ1n) is 10.4. The second-order valence-electron chi connectivity index (χ2n) is 7.65. The molecule has 1 heterocycles. The fourth-order valence-electron chi connectivity index (χ4n) is 3.75. The summed E-state index contributed by atoms with van der Waals surface area (Å²) in [6.07, 6.45) is 4.24. The summed E-state index contributed by atoms with van der Waals surface area (Å²) in [6, 6.07) is 12.2. The zero-order valence-electron chi connectivity index (χ0n) is 18.3. The highest BCUT2D eigenvalue weighted by Gasteiger charge is 2.42. The summed E-state index contributed by atoms with van der Waals surface area (Å²) in [6.45, 7) is 2.24. The number of carbonyl (C=O) groups is 1. The molecule has 33 heavy (non-hydrogen) atoms. The van der Waals surface area contributed by atoms with E-state index < -0.39 is 33.8 Å². The van der Waals surface area contributed by atoms with Gasteiger partial charge in [0.05, 0.1) is 15.5 Å². The number of anilines is 2. The number of carboxylic acids is 1. The van der Waals surface area contributed by atoms with Gasteiger partial charge in [0.15, 0.2) is 5.50 Å². The third-order valence-electron chi connectivity index (χ3n) is 5.45. The first kappa shape index (κ1) is 25.4. The molecule has 2 aromatic carbocycles. The molecule has 2 aromatic rings. The number of thioether (sulfide) groups is 1. The van der Waals surface area contributed by atoms with Gasteiger partial charge in [-0.1, -0.05) is 38.0 Å². The molecule has 1 aliphatic heterocycles. The molecule has 0 aromatic heterocycles. The summed E-state index contributed by atoms with van der Waals surface area (Å²) >= 11 is 1.25. The third-order valence-corrected chi connectivity index (χ3v) is 8.20. The Morgan fingerprint density at radius 3 is 2.61 bits per heavy atom. The van der Waals surface area contributed by atoms with E-state index in [1.807, 2.05) is 42.2 Å². The Kier molecular flexibility index (Phi) is 8.28. The summed E-state index contributed by atoms with van der Waals surface area (Å²) in [5, 5.41) is 8.73. The molecular formula is C23H27F2NO5S2. The highest BCUT2D eigenvalue weighted by molar-refractivity contribution is 8.24. The van der Waals surface area contributed by atoms with Crippen molar-refractivity contribution < 1.29 is 32.5 Å². The number of hydrogen-bond acceptors (Lipinski definition) is 6. The minimum atomic E-state index is -3.91. The molecule has 2 atom stereocenters. The molecule has 0 saturated carbocycles. The molecule has 0 amide bonds. The lowest BCUT2D eigenvalue weighted by molar-refractivity contribution is -0.134. The summed E-state index contributed by atoms with van der Waals surface area (Å²) in [7, 11) is -3.91. The number of ether oxygens (including phenoxy) is 1. The van der Waals surface area contributed by atoms with Crippen LogP contribution in [0.4, 0.5) is 20.2 Å². The van der Waals surface area contributed by atoms with Crippen LogP contribution in [0.15, 0.2) is 64.3 Å². The maximum absolute atomic E-state index is 15.6. The Balaban J connectivity index is 2.19. The maximum atomic E-state index is 15.6. The van der Waals surface area contributed by atoms with Crippen LogP contribution in [0.3, 0.4) is 0 Å². The molecule has 0 radical (unpaired) electrons. The highest BCUT2D eigenvalue weighted by atomic mass is 32.3. The lowest BCUT2D eigenvalue weighted by Gasteiger charge is -2.37. The standard InChI is InChI=1S/C23H27F2NO5S2/c1-3-4-8-15-13-26(16-9-6-5-7-10-16)18-11-20(32-2)19(31-14-17(24)23(27)28)12-21(18)33(29,30)22(15)25/h5-7,9-12,14-15,22,29-30H,3-4,8,13H2,1-2H3,(H,27,28)/b17-14-. The summed E-state index contributed by atoms with van der Waals surface area (Å²) in [5.41, 5.74) is -0.722. The van der Waals surface area contributed by atoms with Crippen LogP contribution < -0.4 is 9.64 Å². The topological polar surface area (TPSA) is 90.2 Å². The number of para-hydroxylation sites is 1. The zero-order valence-corrected chi connectivity index (χ0v) is 19.9. The molecule has 180 valence electrons. The van der Waals surface area contributed by atoms with Crippen molar-refractivity contribution >= 4 is 39.7 Å². The Labute approximate surface area is 197 Å². The van der Waals surface area contributed by atoms with Crippen molar-refractivity contribution in [3.05, 3.63) is 54.6 Å². The minimum absolute atomic E-state index is 0.00449. The van der Waals surface area contributed by atoms with Gasteiger partial charge in [-0.15, -0.1) is 22.4 Å². The fourth-order valence-corrected chi connectivity index (χ4v) is 6.04. The smallest absolute Gasteiger partial charge is 0.368 e. The SMILES string of the molecule is CCCCC1CN(c2ccccc2)c2cc(SC)c(O/C=C(\F)C(=O)O)cc2S(O)(O)C1F. The number of fused-ring (bicyclic) bond motifs is 1. The van der Waals surface area contributed by atoms with Crippen LogP contribution in [-0.4, -0.2) is 38.5 Å². The number of alkyl halides is 1. The van der Waals surface area contributed by atoms with E-state index in [2.05, 4.69) is 0 Å². The second-order valence-corrected chi connectivity index (χ2v) is 10.6. The monoisotopic (exact) mass is 499 g/mol. The van der Waals surface area contributed by atoms with Crippen molar-refractivity contribution in [1.29, 1.82) is 0 Å². The maximum Gasteiger partial charge on any atom is 0.368 e. The summed E-state index contributed by atoms with van der Waals surface area (Å²) in [5.74, 6) is -3.94.